The van der Waals surface area contributed by atoms with Crippen LogP contribution in [0.2, 0.25) is 0 Å². The van der Waals surface area contributed by atoms with Gasteiger partial charge in [-0.3, -0.25) is 0 Å². The average molecular weight is 421 g/mol. The molecule has 0 amide bonds. The van der Waals surface area contributed by atoms with Gasteiger partial charge < -0.3 is 0 Å². The van der Waals surface area contributed by atoms with Gasteiger partial charge in [0.2, 0.25) is 0 Å². The van der Waals surface area contributed by atoms with Gasteiger partial charge in [0.05, 0.1) is 0 Å². The summed E-state index contributed by atoms with van der Waals surface area (Å²) < 4.78 is 13.5. The average Bonchev–Trinajstić information content (AvgIpc) is 2.95. The van der Waals surface area contributed by atoms with Crippen molar-refractivity contribution in [3.8, 4) is 11.5 Å². The number of methoxy groups -OCH3 is 1. The zero-order valence-electron chi connectivity index (χ0n) is 16.2. The van der Waals surface area contributed by atoms with E-state index >= 15 is 0 Å². The second-order valence-electron chi connectivity index (χ2n) is 8.08. The van der Waals surface area contributed by atoms with Crippen LogP contribution in [0.5, 0.6) is 11.5 Å². The van der Waals surface area contributed by atoms with Gasteiger partial charge in [-0.1, -0.05) is 0 Å². The molecule has 5 heteroatoms. The molecule has 0 radical (unpaired) electrons. The third kappa shape index (κ3) is 6.36. The molecule has 0 spiro atoms. The summed E-state index contributed by atoms with van der Waals surface area (Å²) >= 11 is -0.593. The molecule has 1 aromatic rings. The predicted molar refractivity (Wildman–Crippen MR) is 107 cm³/mol. The number of halogens is 2. The predicted octanol–water partition coefficient (Wildman–Crippen LogP) is 6.35. The molecule has 1 aliphatic carbocycles. The monoisotopic (exact) mass is 420 g/mol. The topological polar surface area (TPSA) is 18.5 Å². The van der Waals surface area contributed by atoms with Gasteiger partial charge in [-0.15, -0.1) is 24.8 Å². The van der Waals surface area contributed by atoms with Crippen molar-refractivity contribution in [3.05, 3.63) is 45.4 Å². The maximum Gasteiger partial charge on any atom is -0.147 e. The van der Waals surface area contributed by atoms with Gasteiger partial charge in [0, 0.05) is 0 Å². The van der Waals surface area contributed by atoms with Crippen LogP contribution in [0.1, 0.15) is 59.1 Å². The van der Waals surface area contributed by atoms with Crippen LogP contribution >= 0.6 is 24.8 Å². The second kappa shape index (κ2) is 9.51. The third-order valence-electron chi connectivity index (χ3n) is 3.97. The van der Waals surface area contributed by atoms with Gasteiger partial charge in [-0.05, 0) is 0 Å². The fourth-order valence-corrected chi connectivity index (χ4v) is 3.86. The normalized spacial score (nSPS) is 13.5. The van der Waals surface area contributed by atoms with Crippen molar-refractivity contribution in [2.75, 3.05) is 7.11 Å². The quantitative estimate of drug-likeness (QED) is 0.528. The van der Waals surface area contributed by atoms with E-state index in [2.05, 4.69) is 71.9 Å². The van der Waals surface area contributed by atoms with Crippen LogP contribution in [0.25, 0.3) is 0 Å². The summed E-state index contributed by atoms with van der Waals surface area (Å²) in [5.74, 6) is 1.98. The molecule has 2 rings (SSSR count). The number of ether oxygens (including phenoxy) is 1. The van der Waals surface area contributed by atoms with E-state index in [0.29, 0.717) is 0 Å². The van der Waals surface area contributed by atoms with E-state index in [4.69, 9.17) is 8.06 Å². The minimum Gasteiger partial charge on any atom is -0.147 e. The van der Waals surface area contributed by atoms with Crippen LogP contribution in [0, 0.1) is 0 Å². The maximum absolute atomic E-state index is 6.47. The Balaban J connectivity index is 0.00000288. The summed E-state index contributed by atoms with van der Waals surface area (Å²) in [6.07, 6.45) is 7.58. The van der Waals surface area contributed by atoms with E-state index in [1.807, 2.05) is 0 Å². The number of rotatable bonds is 4. The van der Waals surface area contributed by atoms with Crippen molar-refractivity contribution in [2.45, 2.75) is 58.8 Å². The molecule has 2 nitrogen and oxygen atoms in total. The molecular formula is C20H30Cl2O2Ti. The standard InChI is InChI=1S/C15H24O2.C5H5.2ClH.Ti/c1-14(2,3)11-8-10(17-7)9-12(13(11)16)15(4,5)6;1-2-4-5-3-1;;;/h8-9,16H,1-7H3;1-3H,4H2;2*1H;/q;;;;+1/p-1. The molecule has 0 bridgehead atoms. The Morgan fingerprint density at radius 1 is 0.920 bits per heavy atom. The van der Waals surface area contributed by atoms with Crippen molar-refractivity contribution in [1.29, 1.82) is 0 Å². The molecule has 0 saturated carbocycles. The van der Waals surface area contributed by atoms with Crippen molar-refractivity contribution in [2.24, 2.45) is 0 Å². The molecule has 1 aliphatic rings. The maximum atomic E-state index is 6.47. The molecule has 0 unspecified atom stereocenters. The summed E-state index contributed by atoms with van der Waals surface area (Å²) in [5, 5.41) is 0. The smallest absolute Gasteiger partial charge is 0.147 e. The Hall–Kier alpha value is -0.406. The summed E-state index contributed by atoms with van der Waals surface area (Å²) in [6, 6.07) is 4.27. The van der Waals surface area contributed by atoms with Gasteiger partial charge >= 0.3 is 150 Å². The van der Waals surface area contributed by atoms with E-state index < -0.39 is 19.5 Å². The van der Waals surface area contributed by atoms with Gasteiger partial charge in [0.15, 0.2) is 0 Å². The molecule has 0 atom stereocenters. The molecule has 1 aromatic carbocycles. The Bertz CT molecular complexity index is 603. The van der Waals surface area contributed by atoms with Gasteiger partial charge in [-0.2, -0.15) is 0 Å². The van der Waals surface area contributed by atoms with Gasteiger partial charge in [0.1, 0.15) is 0 Å². The fourth-order valence-electron chi connectivity index (χ4n) is 2.58. The minimum absolute atomic E-state index is 0. The summed E-state index contributed by atoms with van der Waals surface area (Å²) in [7, 11) is 1.73. The molecule has 0 N–H and O–H groups in total. The van der Waals surface area contributed by atoms with Gasteiger partial charge in [0.25, 0.3) is 0 Å². The first-order valence-electron chi connectivity index (χ1n) is 8.14. The van der Waals surface area contributed by atoms with E-state index in [1.54, 1.807) is 7.11 Å². The summed E-state index contributed by atoms with van der Waals surface area (Å²) in [5.41, 5.74) is 2.49. The van der Waals surface area contributed by atoms with E-state index in [-0.39, 0.29) is 35.6 Å². The molecule has 0 aromatic heterocycles. The molecule has 0 fully saturated rings. The van der Waals surface area contributed by atoms with Crippen molar-refractivity contribution < 1.29 is 27.6 Å². The Morgan fingerprint density at radius 2 is 1.44 bits per heavy atom. The zero-order chi connectivity index (χ0) is 17.3. The molecule has 0 aliphatic heterocycles. The molecule has 0 saturated heterocycles. The van der Waals surface area contributed by atoms with Crippen LogP contribution in [0.15, 0.2) is 34.2 Å². The largest absolute Gasteiger partial charge is 0.147 e. The first-order valence-corrected chi connectivity index (χ1v) is 9.56. The number of benzene rings is 1. The number of hydrogen-bond donors (Lipinski definition) is 0. The first kappa shape index (κ1) is 24.6. The molecular weight excluding hydrogens is 391 g/mol. The van der Waals surface area contributed by atoms with Crippen molar-refractivity contribution in [3.63, 3.8) is 0 Å². The van der Waals surface area contributed by atoms with Gasteiger partial charge in [-0.25, -0.2) is 0 Å². The Morgan fingerprint density at radius 3 is 1.80 bits per heavy atom. The SMILES string of the molecule is COc1cc(C(C)(C)C)c([O][Ti][C]2=CC=CC2)c(C(C)(C)C)c1.Cl.Cl. The fraction of sp³-hybridized carbons (Fsp3) is 0.500. The number of allylic oxidation sites excluding steroid dienone is 4. The number of hydrogen-bond acceptors (Lipinski definition) is 2. The van der Waals surface area contributed by atoms with E-state index in [0.717, 1.165) is 17.9 Å². The van der Waals surface area contributed by atoms with Crippen LogP contribution < -0.4 is 8.06 Å². The third-order valence-corrected chi connectivity index (χ3v) is 5.44. The van der Waals surface area contributed by atoms with Crippen LogP contribution in [-0.4, -0.2) is 7.11 Å². The van der Waals surface area contributed by atoms with E-state index in [1.165, 1.54) is 15.0 Å². The molecule has 140 valence electrons. The minimum atomic E-state index is -0.593. The Kier molecular flexibility index (Phi) is 9.35. The van der Waals surface area contributed by atoms with E-state index in [9.17, 15) is 0 Å². The van der Waals surface area contributed by atoms with Crippen LogP contribution in [0.4, 0.5) is 0 Å². The van der Waals surface area contributed by atoms with Crippen LogP contribution in [-0.2, 0) is 30.4 Å². The molecule has 0 heterocycles. The van der Waals surface area contributed by atoms with Crippen molar-refractivity contribution in [1.82, 2.24) is 0 Å². The first-order chi connectivity index (χ1) is 10.6. The Labute approximate surface area is 174 Å². The molecule has 25 heavy (non-hydrogen) atoms. The van der Waals surface area contributed by atoms with Crippen LogP contribution in [0.3, 0.4) is 0 Å². The summed E-state index contributed by atoms with van der Waals surface area (Å²) in [6.45, 7) is 13.4. The summed E-state index contributed by atoms with van der Waals surface area (Å²) in [4.78, 5) is 0. The zero-order valence-corrected chi connectivity index (χ0v) is 19.4. The van der Waals surface area contributed by atoms with Crippen molar-refractivity contribution >= 4 is 24.8 Å². The second-order valence-corrected chi connectivity index (χ2v) is 9.72.